The van der Waals surface area contributed by atoms with Crippen molar-refractivity contribution in [3.63, 3.8) is 0 Å². The van der Waals surface area contributed by atoms with Gasteiger partial charge in [0.1, 0.15) is 0 Å². The summed E-state index contributed by atoms with van der Waals surface area (Å²) in [7, 11) is 1.78. The summed E-state index contributed by atoms with van der Waals surface area (Å²) < 4.78 is 0. The van der Waals surface area contributed by atoms with Crippen molar-refractivity contribution in [3.8, 4) is 11.1 Å². The Morgan fingerprint density at radius 1 is 1.00 bits per heavy atom. The second-order valence-electron chi connectivity index (χ2n) is 8.37. The molecule has 0 spiro atoms. The van der Waals surface area contributed by atoms with E-state index in [1.54, 1.807) is 36.6 Å². The van der Waals surface area contributed by atoms with E-state index in [2.05, 4.69) is 15.3 Å². The van der Waals surface area contributed by atoms with E-state index in [1.807, 2.05) is 64.1 Å². The lowest BCUT2D eigenvalue weighted by Gasteiger charge is -2.24. The molecule has 0 aliphatic rings. The third kappa shape index (κ3) is 5.83. The van der Waals surface area contributed by atoms with Gasteiger partial charge in [-0.15, -0.1) is 0 Å². The predicted octanol–water partition coefficient (Wildman–Crippen LogP) is 5.34. The van der Waals surface area contributed by atoms with E-state index >= 15 is 0 Å². The highest BCUT2D eigenvalue weighted by molar-refractivity contribution is 6.00. The Hall–Kier alpha value is -3.54. The summed E-state index contributed by atoms with van der Waals surface area (Å²) in [6.45, 7) is 7.95. The number of carbonyl (C=O) groups is 2. The maximum Gasteiger partial charge on any atom is 0.251 e. The zero-order valence-electron chi connectivity index (χ0n) is 20.0. The highest BCUT2D eigenvalue weighted by Crippen LogP contribution is 2.29. The summed E-state index contributed by atoms with van der Waals surface area (Å²) in [6, 6.07) is 13.4. The molecule has 33 heavy (non-hydrogen) atoms. The number of hydrogen-bond acceptors (Lipinski definition) is 4. The fourth-order valence-corrected chi connectivity index (χ4v) is 3.78. The summed E-state index contributed by atoms with van der Waals surface area (Å²) in [5.74, 6) is -0.223. The summed E-state index contributed by atoms with van der Waals surface area (Å²) >= 11 is 0. The molecule has 2 aromatic carbocycles. The number of anilines is 1. The Kier molecular flexibility index (Phi) is 7.93. The first-order valence-corrected chi connectivity index (χ1v) is 11.4. The van der Waals surface area contributed by atoms with Crippen LogP contribution in [0.1, 0.15) is 61.3 Å². The van der Waals surface area contributed by atoms with Gasteiger partial charge in [-0.05, 0) is 56.0 Å². The maximum absolute atomic E-state index is 13.2. The van der Waals surface area contributed by atoms with Crippen LogP contribution in [-0.2, 0) is 4.79 Å². The molecule has 2 amide bonds. The Labute approximate surface area is 196 Å². The second-order valence-corrected chi connectivity index (χ2v) is 8.37. The molecule has 172 valence electrons. The fourth-order valence-electron chi connectivity index (χ4n) is 3.78. The van der Waals surface area contributed by atoms with Gasteiger partial charge >= 0.3 is 0 Å². The average Bonchev–Trinajstić information content (AvgIpc) is 2.84. The molecule has 1 aromatic heterocycles. The first-order chi connectivity index (χ1) is 15.8. The quantitative estimate of drug-likeness (QED) is 0.509. The molecule has 0 bridgehead atoms. The molecule has 0 aliphatic heterocycles. The minimum atomic E-state index is -0.304. The molecule has 6 heteroatoms. The van der Waals surface area contributed by atoms with Gasteiger partial charge in [0.05, 0.1) is 17.9 Å². The van der Waals surface area contributed by atoms with Crippen molar-refractivity contribution in [2.24, 2.45) is 5.92 Å². The van der Waals surface area contributed by atoms with E-state index in [1.165, 1.54) is 0 Å². The molecule has 1 unspecified atom stereocenters. The van der Waals surface area contributed by atoms with Crippen LogP contribution in [0.25, 0.3) is 11.1 Å². The minimum absolute atomic E-state index is 0.0491. The molecule has 6 nitrogen and oxygen atoms in total. The maximum atomic E-state index is 13.2. The van der Waals surface area contributed by atoms with Gasteiger partial charge in [0.2, 0.25) is 5.91 Å². The lowest BCUT2D eigenvalue weighted by molar-refractivity contribution is -0.122. The summed E-state index contributed by atoms with van der Waals surface area (Å²) in [6.07, 6.45) is 6.40. The number of nitrogens with one attached hydrogen (secondary N) is 1. The minimum Gasteiger partial charge on any atom is -0.344 e. The van der Waals surface area contributed by atoms with Crippen molar-refractivity contribution in [2.75, 3.05) is 11.9 Å². The number of hydrogen-bond donors (Lipinski definition) is 1. The first-order valence-electron chi connectivity index (χ1n) is 11.4. The Morgan fingerprint density at radius 3 is 2.30 bits per heavy atom. The van der Waals surface area contributed by atoms with Crippen molar-refractivity contribution >= 4 is 17.5 Å². The fraction of sp³-hybridized carbons (Fsp3) is 0.333. The van der Waals surface area contributed by atoms with E-state index in [-0.39, 0.29) is 23.8 Å². The van der Waals surface area contributed by atoms with E-state index in [0.717, 1.165) is 29.5 Å². The van der Waals surface area contributed by atoms with Gasteiger partial charge in [0.15, 0.2) is 0 Å². The van der Waals surface area contributed by atoms with Crippen LogP contribution in [0, 0.1) is 12.8 Å². The number of carbonyl (C=O) groups excluding carboxylic acids is 2. The highest BCUT2D eigenvalue weighted by Gasteiger charge is 2.22. The molecule has 1 N–H and O–H groups in total. The Morgan fingerprint density at radius 2 is 1.70 bits per heavy atom. The molecule has 0 saturated carbocycles. The zero-order chi connectivity index (χ0) is 24.0. The van der Waals surface area contributed by atoms with Crippen molar-refractivity contribution in [1.82, 2.24) is 15.3 Å². The topological polar surface area (TPSA) is 75.2 Å². The Balaban J connectivity index is 1.98. The van der Waals surface area contributed by atoms with Gasteiger partial charge in [0.25, 0.3) is 5.91 Å². The van der Waals surface area contributed by atoms with Gasteiger partial charge < -0.3 is 10.2 Å². The van der Waals surface area contributed by atoms with Crippen LogP contribution in [0.4, 0.5) is 5.69 Å². The number of aromatic nitrogens is 2. The molecule has 1 heterocycles. The summed E-state index contributed by atoms with van der Waals surface area (Å²) in [5.41, 5.74) is 4.90. The van der Waals surface area contributed by atoms with Crippen molar-refractivity contribution in [1.29, 1.82) is 0 Å². The van der Waals surface area contributed by atoms with Gasteiger partial charge in [-0.3, -0.25) is 19.6 Å². The smallest absolute Gasteiger partial charge is 0.251 e. The van der Waals surface area contributed by atoms with Crippen LogP contribution in [0.5, 0.6) is 0 Å². The molecular formula is C27H32N4O2. The van der Waals surface area contributed by atoms with E-state index < -0.39 is 0 Å². The normalized spacial score (nSPS) is 11.8. The monoisotopic (exact) mass is 444 g/mol. The van der Waals surface area contributed by atoms with Gasteiger partial charge in [0, 0.05) is 36.6 Å². The molecule has 0 aliphatic carbocycles. The molecule has 3 rings (SSSR count). The zero-order valence-corrected chi connectivity index (χ0v) is 20.0. The van der Waals surface area contributed by atoms with Crippen LogP contribution in [0.3, 0.4) is 0 Å². The molecular weight excluding hydrogens is 412 g/mol. The van der Waals surface area contributed by atoms with Crippen molar-refractivity contribution < 1.29 is 9.59 Å². The predicted molar refractivity (Wildman–Crippen MR) is 132 cm³/mol. The number of benzene rings is 2. The molecule has 0 saturated heterocycles. The second kappa shape index (κ2) is 10.9. The van der Waals surface area contributed by atoms with E-state index in [9.17, 15) is 9.59 Å². The molecule has 1 atom stereocenters. The summed E-state index contributed by atoms with van der Waals surface area (Å²) in [5, 5.41) is 3.00. The number of rotatable bonds is 8. The van der Waals surface area contributed by atoms with E-state index in [4.69, 9.17) is 0 Å². The SMILES string of the molecule is CCC(CC)C(=O)N(C)c1cc(C(=O)NC(C)c2cnccn2)cc(-c2ccc(C)cc2)c1. The van der Waals surface area contributed by atoms with Crippen LogP contribution < -0.4 is 10.2 Å². The first kappa shape index (κ1) is 24.1. The lowest BCUT2D eigenvalue weighted by Crippen LogP contribution is -2.33. The lowest BCUT2D eigenvalue weighted by atomic mass is 9.98. The van der Waals surface area contributed by atoms with Gasteiger partial charge in [-0.1, -0.05) is 43.7 Å². The molecule has 0 fully saturated rings. The molecule has 0 radical (unpaired) electrons. The number of nitrogens with zero attached hydrogens (tertiary/aromatic N) is 3. The summed E-state index contributed by atoms with van der Waals surface area (Å²) in [4.78, 5) is 36.3. The molecule has 3 aromatic rings. The van der Waals surface area contributed by atoms with Gasteiger partial charge in [-0.25, -0.2) is 0 Å². The number of aryl methyl sites for hydroxylation is 1. The standard InChI is InChI=1S/C27H32N4O2/c1-6-20(7-2)27(33)31(5)24-15-22(21-10-8-18(3)9-11-21)14-23(16-24)26(32)30-19(4)25-17-28-12-13-29-25/h8-17,19-20H,6-7H2,1-5H3,(H,30,32). The highest BCUT2D eigenvalue weighted by atomic mass is 16.2. The van der Waals surface area contributed by atoms with Crippen LogP contribution in [0.15, 0.2) is 61.1 Å². The van der Waals surface area contributed by atoms with Gasteiger partial charge in [-0.2, -0.15) is 0 Å². The third-order valence-corrected chi connectivity index (χ3v) is 5.99. The van der Waals surface area contributed by atoms with Crippen molar-refractivity contribution in [2.45, 2.75) is 46.6 Å². The number of amides is 2. The Bertz CT molecular complexity index is 1090. The van der Waals surface area contributed by atoms with Crippen LogP contribution in [0.2, 0.25) is 0 Å². The van der Waals surface area contributed by atoms with E-state index in [0.29, 0.717) is 16.9 Å². The van der Waals surface area contributed by atoms with Crippen LogP contribution >= 0.6 is 0 Å². The third-order valence-electron chi connectivity index (χ3n) is 5.99. The van der Waals surface area contributed by atoms with Crippen LogP contribution in [-0.4, -0.2) is 28.8 Å². The average molecular weight is 445 g/mol. The largest absolute Gasteiger partial charge is 0.344 e. The van der Waals surface area contributed by atoms with Crippen molar-refractivity contribution in [3.05, 3.63) is 77.9 Å².